The van der Waals surface area contributed by atoms with Crippen LogP contribution < -0.4 is 4.74 Å². The second kappa shape index (κ2) is 7.11. The predicted octanol–water partition coefficient (Wildman–Crippen LogP) is 4.82. The lowest BCUT2D eigenvalue weighted by molar-refractivity contribution is -0.400. The average molecular weight is 324 g/mol. The van der Waals surface area contributed by atoms with Crippen LogP contribution in [0.4, 0.5) is 0 Å². The Bertz CT molecular complexity index is 669. The molecule has 21 heavy (non-hydrogen) atoms. The lowest BCUT2D eigenvalue weighted by Crippen LogP contribution is -1.96. The second-order valence-electron chi connectivity index (χ2n) is 4.19. The quantitative estimate of drug-likeness (QED) is 0.585. The Morgan fingerprint density at radius 2 is 1.86 bits per heavy atom. The SMILES string of the molecule is O=[N+]([O-])/C=C\c1ccc(OCc2ccc(Cl)cc2Cl)cc1. The zero-order valence-corrected chi connectivity index (χ0v) is 12.3. The van der Waals surface area contributed by atoms with Crippen molar-refractivity contribution in [2.75, 3.05) is 0 Å². The summed E-state index contributed by atoms with van der Waals surface area (Å²) < 4.78 is 5.61. The Labute approximate surface area is 131 Å². The molecule has 2 rings (SSSR count). The normalized spacial score (nSPS) is 10.8. The molecule has 6 heteroatoms. The summed E-state index contributed by atoms with van der Waals surface area (Å²) in [7, 11) is 0. The molecule has 0 spiro atoms. The maximum atomic E-state index is 10.2. The summed E-state index contributed by atoms with van der Waals surface area (Å²) >= 11 is 11.9. The van der Waals surface area contributed by atoms with Gasteiger partial charge in [0.15, 0.2) is 0 Å². The average Bonchev–Trinajstić information content (AvgIpc) is 2.45. The van der Waals surface area contributed by atoms with Gasteiger partial charge in [0, 0.05) is 21.7 Å². The predicted molar refractivity (Wildman–Crippen MR) is 83.3 cm³/mol. The third-order valence-electron chi connectivity index (χ3n) is 2.68. The van der Waals surface area contributed by atoms with Gasteiger partial charge in [0.1, 0.15) is 12.4 Å². The van der Waals surface area contributed by atoms with Crippen molar-refractivity contribution < 1.29 is 9.66 Å². The highest BCUT2D eigenvalue weighted by molar-refractivity contribution is 6.35. The molecule has 0 amide bonds. The Kier molecular flexibility index (Phi) is 5.20. The van der Waals surface area contributed by atoms with Crippen molar-refractivity contribution in [1.82, 2.24) is 0 Å². The molecule has 0 aliphatic rings. The first-order valence-electron chi connectivity index (χ1n) is 6.03. The Balaban J connectivity index is 1.99. The molecule has 0 bridgehead atoms. The molecule has 0 atom stereocenters. The Morgan fingerprint density at radius 3 is 2.48 bits per heavy atom. The van der Waals surface area contributed by atoms with Gasteiger partial charge in [0.2, 0.25) is 6.20 Å². The summed E-state index contributed by atoms with van der Waals surface area (Å²) in [6.45, 7) is 0.320. The van der Waals surface area contributed by atoms with E-state index in [-0.39, 0.29) is 0 Å². The van der Waals surface area contributed by atoms with E-state index in [2.05, 4.69) is 0 Å². The molecule has 0 aliphatic heterocycles. The number of halogens is 2. The van der Waals surface area contributed by atoms with Gasteiger partial charge in [-0.2, -0.15) is 0 Å². The van der Waals surface area contributed by atoms with Crippen molar-refractivity contribution in [1.29, 1.82) is 0 Å². The highest BCUT2D eigenvalue weighted by Crippen LogP contribution is 2.23. The minimum absolute atomic E-state index is 0.320. The summed E-state index contributed by atoms with van der Waals surface area (Å²) in [5, 5.41) is 11.4. The van der Waals surface area contributed by atoms with Crippen LogP contribution in [-0.4, -0.2) is 4.92 Å². The van der Waals surface area contributed by atoms with Gasteiger partial charge in [-0.25, -0.2) is 0 Å². The highest BCUT2D eigenvalue weighted by atomic mass is 35.5. The van der Waals surface area contributed by atoms with E-state index in [9.17, 15) is 10.1 Å². The third kappa shape index (κ3) is 4.77. The number of benzene rings is 2. The Hall–Kier alpha value is -2.04. The maximum absolute atomic E-state index is 10.2. The minimum atomic E-state index is -0.507. The smallest absolute Gasteiger partial charge is 0.235 e. The molecule has 0 aliphatic carbocycles. The van der Waals surface area contributed by atoms with Gasteiger partial charge in [-0.15, -0.1) is 0 Å². The summed E-state index contributed by atoms with van der Waals surface area (Å²) in [6.07, 6.45) is 2.31. The summed E-state index contributed by atoms with van der Waals surface area (Å²) in [5.41, 5.74) is 1.56. The first-order chi connectivity index (χ1) is 10.0. The lowest BCUT2D eigenvalue weighted by atomic mass is 10.2. The number of rotatable bonds is 5. The molecule has 108 valence electrons. The molecule has 2 aromatic rings. The van der Waals surface area contributed by atoms with Gasteiger partial charge < -0.3 is 4.74 Å². The van der Waals surface area contributed by atoms with Crippen LogP contribution in [-0.2, 0) is 6.61 Å². The fraction of sp³-hybridized carbons (Fsp3) is 0.0667. The molecule has 0 saturated heterocycles. The van der Waals surface area contributed by atoms with Gasteiger partial charge in [-0.05, 0) is 29.8 Å². The largest absolute Gasteiger partial charge is 0.489 e. The van der Waals surface area contributed by atoms with Gasteiger partial charge in [0.05, 0.1) is 4.92 Å². The van der Waals surface area contributed by atoms with Crippen molar-refractivity contribution in [3.8, 4) is 5.75 Å². The minimum Gasteiger partial charge on any atom is -0.489 e. The zero-order chi connectivity index (χ0) is 15.2. The second-order valence-corrected chi connectivity index (χ2v) is 5.04. The molecular formula is C15H11Cl2NO3. The van der Waals surface area contributed by atoms with Gasteiger partial charge in [0.25, 0.3) is 0 Å². The molecule has 0 radical (unpaired) electrons. The van der Waals surface area contributed by atoms with E-state index in [1.807, 2.05) is 0 Å². The van der Waals surface area contributed by atoms with E-state index >= 15 is 0 Å². The molecule has 4 nitrogen and oxygen atoms in total. The van der Waals surface area contributed by atoms with Crippen molar-refractivity contribution in [2.24, 2.45) is 0 Å². The molecule has 0 unspecified atom stereocenters. The number of nitro groups is 1. The van der Waals surface area contributed by atoms with Crippen molar-refractivity contribution in [3.05, 3.63) is 80.0 Å². The molecular weight excluding hydrogens is 313 g/mol. The van der Waals surface area contributed by atoms with Gasteiger partial charge in [-0.1, -0.05) is 41.4 Å². The molecule has 0 saturated carbocycles. The monoisotopic (exact) mass is 323 g/mol. The maximum Gasteiger partial charge on any atom is 0.235 e. The van der Waals surface area contributed by atoms with Crippen LogP contribution in [0.5, 0.6) is 5.75 Å². The van der Waals surface area contributed by atoms with Crippen LogP contribution in [0.2, 0.25) is 10.0 Å². The van der Waals surface area contributed by atoms with Gasteiger partial charge >= 0.3 is 0 Å². The van der Waals surface area contributed by atoms with Crippen LogP contribution in [0.25, 0.3) is 6.08 Å². The fourth-order valence-corrected chi connectivity index (χ4v) is 2.08. The van der Waals surface area contributed by atoms with Crippen molar-refractivity contribution in [3.63, 3.8) is 0 Å². The number of hydrogen-bond acceptors (Lipinski definition) is 3. The van der Waals surface area contributed by atoms with Crippen LogP contribution in [0, 0.1) is 10.1 Å². The van der Waals surface area contributed by atoms with E-state index in [1.54, 1.807) is 42.5 Å². The van der Waals surface area contributed by atoms with E-state index in [4.69, 9.17) is 27.9 Å². The molecule has 0 aromatic heterocycles. The number of nitrogens with zero attached hydrogens (tertiary/aromatic N) is 1. The number of ether oxygens (including phenoxy) is 1. The molecule has 0 N–H and O–H groups in total. The van der Waals surface area contributed by atoms with Gasteiger partial charge in [-0.3, -0.25) is 10.1 Å². The van der Waals surface area contributed by atoms with Crippen LogP contribution in [0.3, 0.4) is 0 Å². The van der Waals surface area contributed by atoms with E-state index in [0.717, 1.165) is 17.3 Å². The van der Waals surface area contributed by atoms with Crippen molar-refractivity contribution >= 4 is 29.3 Å². The van der Waals surface area contributed by atoms with E-state index in [1.165, 1.54) is 6.08 Å². The standard InChI is InChI=1S/C15H11Cl2NO3/c16-13-4-3-12(15(17)9-13)10-21-14-5-1-11(2-6-14)7-8-18(19)20/h1-9H,10H2/b8-7-. The van der Waals surface area contributed by atoms with Crippen molar-refractivity contribution in [2.45, 2.75) is 6.61 Å². The first-order valence-corrected chi connectivity index (χ1v) is 6.79. The van der Waals surface area contributed by atoms with E-state index < -0.39 is 4.92 Å². The van der Waals surface area contributed by atoms with Crippen LogP contribution in [0.15, 0.2) is 48.7 Å². The Morgan fingerprint density at radius 1 is 1.14 bits per heavy atom. The summed E-state index contributed by atoms with van der Waals surface area (Å²) in [6, 6.07) is 12.2. The topological polar surface area (TPSA) is 52.4 Å². The van der Waals surface area contributed by atoms with Crippen LogP contribution in [0.1, 0.15) is 11.1 Å². The summed E-state index contributed by atoms with van der Waals surface area (Å²) in [4.78, 5) is 9.72. The molecule has 0 fully saturated rings. The number of hydrogen-bond donors (Lipinski definition) is 0. The zero-order valence-electron chi connectivity index (χ0n) is 10.8. The van der Waals surface area contributed by atoms with E-state index in [0.29, 0.717) is 22.4 Å². The van der Waals surface area contributed by atoms with Crippen LogP contribution >= 0.6 is 23.2 Å². The first kappa shape index (κ1) is 15.4. The molecule has 2 aromatic carbocycles. The summed E-state index contributed by atoms with van der Waals surface area (Å²) in [5.74, 6) is 0.652. The molecule has 0 heterocycles. The highest BCUT2D eigenvalue weighted by Gasteiger charge is 2.02. The lowest BCUT2D eigenvalue weighted by Gasteiger charge is -2.08. The fourth-order valence-electron chi connectivity index (χ4n) is 1.62. The third-order valence-corrected chi connectivity index (χ3v) is 3.27.